The van der Waals surface area contributed by atoms with Crippen molar-refractivity contribution in [2.24, 2.45) is 0 Å². The molecule has 2 aromatic heterocycles. The van der Waals surface area contributed by atoms with Crippen LogP contribution in [0.4, 0.5) is 5.00 Å². The number of carbonyl (C=O) groups excluding carboxylic acids is 2. The van der Waals surface area contributed by atoms with Crippen molar-refractivity contribution in [1.82, 2.24) is 0 Å². The van der Waals surface area contributed by atoms with Crippen LogP contribution in [-0.2, 0) is 35.2 Å². The molecule has 0 saturated heterocycles. The molecule has 5 nitrogen and oxygen atoms in total. The highest BCUT2D eigenvalue weighted by Gasteiger charge is 2.30. The molecule has 0 radical (unpaired) electrons. The fourth-order valence-electron chi connectivity index (χ4n) is 4.88. The van der Waals surface area contributed by atoms with Crippen LogP contribution in [0.5, 0.6) is 0 Å². The topological polar surface area (TPSA) is 79.2 Å². The van der Waals surface area contributed by atoms with E-state index in [-0.39, 0.29) is 11.9 Å². The largest absolute Gasteiger partial charge is 0.465 e. The third kappa shape index (κ3) is 4.53. The number of amides is 1. The van der Waals surface area contributed by atoms with Crippen molar-refractivity contribution in [3.05, 3.63) is 57.0 Å². The van der Waals surface area contributed by atoms with Gasteiger partial charge in [-0.1, -0.05) is 30.7 Å². The number of benzene rings is 1. The van der Waals surface area contributed by atoms with Crippen molar-refractivity contribution >= 4 is 51.3 Å². The zero-order valence-electron chi connectivity index (χ0n) is 19.7. The van der Waals surface area contributed by atoms with Crippen molar-refractivity contribution in [2.75, 3.05) is 12.4 Å². The lowest BCUT2D eigenvalue weighted by Gasteiger charge is -2.15. The molecule has 1 unspecified atom stereocenters. The molecular weight excluding hydrogens is 497 g/mol. The number of esters is 1. The number of thioether (sulfide) groups is 1. The molecular formula is C27H26N2O3S3. The zero-order chi connectivity index (χ0) is 24.5. The SMILES string of the molecule is COC(=O)c1c(SC(C)C(=O)Nc2sc3c(c2C#N)CCc2ccccc2-3)sc2c1CCCCC2. The second-order valence-electron chi connectivity index (χ2n) is 8.85. The fraction of sp³-hybridized carbons (Fsp3) is 0.370. The molecule has 1 aromatic carbocycles. The number of carbonyl (C=O) groups is 2. The predicted molar refractivity (Wildman–Crippen MR) is 143 cm³/mol. The summed E-state index contributed by atoms with van der Waals surface area (Å²) in [5.74, 6) is -0.492. The van der Waals surface area contributed by atoms with Gasteiger partial charge in [0.05, 0.1) is 27.7 Å². The highest BCUT2D eigenvalue weighted by atomic mass is 32.2. The number of nitrogens with zero attached hydrogens (tertiary/aromatic N) is 1. The van der Waals surface area contributed by atoms with Crippen LogP contribution in [-0.4, -0.2) is 24.2 Å². The number of methoxy groups -OCH3 is 1. The molecule has 3 aromatic rings. The van der Waals surface area contributed by atoms with Crippen molar-refractivity contribution in [3.8, 4) is 16.5 Å². The minimum Gasteiger partial charge on any atom is -0.465 e. The van der Waals surface area contributed by atoms with Gasteiger partial charge in [-0.25, -0.2) is 4.79 Å². The lowest BCUT2D eigenvalue weighted by molar-refractivity contribution is -0.115. The van der Waals surface area contributed by atoms with Crippen LogP contribution in [0.25, 0.3) is 10.4 Å². The number of nitrogens with one attached hydrogen (secondary N) is 1. The Labute approximate surface area is 217 Å². The van der Waals surface area contributed by atoms with Gasteiger partial charge in [0.2, 0.25) is 5.91 Å². The lowest BCUT2D eigenvalue weighted by atomic mass is 9.90. The Morgan fingerprint density at radius 1 is 1.09 bits per heavy atom. The summed E-state index contributed by atoms with van der Waals surface area (Å²) in [6, 6.07) is 10.6. The molecule has 8 heteroatoms. The van der Waals surface area contributed by atoms with E-state index in [0.717, 1.165) is 64.3 Å². The third-order valence-corrected chi connectivity index (χ3v) is 10.5. The minimum atomic E-state index is -0.432. The number of hydrogen-bond acceptors (Lipinski definition) is 7. The second kappa shape index (κ2) is 10.2. The van der Waals surface area contributed by atoms with Crippen molar-refractivity contribution < 1.29 is 14.3 Å². The number of nitriles is 1. The van der Waals surface area contributed by atoms with E-state index in [2.05, 4.69) is 23.5 Å². The van der Waals surface area contributed by atoms with Crippen LogP contribution in [0.3, 0.4) is 0 Å². The van der Waals surface area contributed by atoms with Gasteiger partial charge >= 0.3 is 5.97 Å². The molecule has 35 heavy (non-hydrogen) atoms. The first kappa shape index (κ1) is 24.1. The van der Waals surface area contributed by atoms with Crippen molar-refractivity contribution in [1.29, 1.82) is 5.26 Å². The fourth-order valence-corrected chi connectivity index (χ4v) is 8.99. The van der Waals surface area contributed by atoms with Crippen LogP contribution in [0, 0.1) is 11.3 Å². The molecule has 2 heterocycles. The van der Waals surface area contributed by atoms with Gasteiger partial charge in [-0.15, -0.1) is 34.4 Å². The molecule has 2 aliphatic rings. The normalized spacial score (nSPS) is 15.1. The van der Waals surface area contributed by atoms with E-state index in [1.165, 1.54) is 47.1 Å². The Hall–Kier alpha value is -2.60. The summed E-state index contributed by atoms with van der Waals surface area (Å²) in [5.41, 5.74) is 5.78. The number of thiophene rings is 2. The highest BCUT2D eigenvalue weighted by Crippen LogP contribution is 2.45. The quantitative estimate of drug-likeness (QED) is 0.231. The monoisotopic (exact) mass is 522 g/mol. The van der Waals surface area contributed by atoms with Gasteiger partial charge in [-0.3, -0.25) is 4.79 Å². The summed E-state index contributed by atoms with van der Waals surface area (Å²) >= 11 is 4.51. The molecule has 1 atom stereocenters. The van der Waals surface area contributed by atoms with Crippen LogP contribution in [0.2, 0.25) is 0 Å². The summed E-state index contributed by atoms with van der Waals surface area (Å²) in [5, 5.41) is 13.1. The Balaban J connectivity index is 1.39. The number of fused-ring (bicyclic) bond motifs is 4. The lowest BCUT2D eigenvalue weighted by Crippen LogP contribution is -2.22. The Bertz CT molecular complexity index is 1350. The number of ether oxygens (including phenoxy) is 1. The molecule has 0 saturated carbocycles. The van der Waals surface area contributed by atoms with Crippen molar-refractivity contribution in [2.45, 2.75) is 61.3 Å². The van der Waals surface area contributed by atoms with Crippen LogP contribution in [0.1, 0.15) is 63.7 Å². The molecule has 2 aliphatic carbocycles. The molecule has 1 N–H and O–H groups in total. The Morgan fingerprint density at radius 3 is 2.69 bits per heavy atom. The average molecular weight is 523 g/mol. The van der Waals surface area contributed by atoms with E-state index in [9.17, 15) is 14.9 Å². The van der Waals surface area contributed by atoms with Gasteiger partial charge in [0, 0.05) is 9.75 Å². The number of rotatable bonds is 5. The van der Waals surface area contributed by atoms with Gasteiger partial charge in [-0.05, 0) is 67.7 Å². The first-order valence-corrected chi connectivity index (χ1v) is 14.4. The third-order valence-electron chi connectivity index (χ3n) is 6.69. The maximum Gasteiger partial charge on any atom is 0.340 e. The summed E-state index contributed by atoms with van der Waals surface area (Å²) in [6.07, 6.45) is 6.90. The molecule has 1 amide bonds. The van der Waals surface area contributed by atoms with Crippen LogP contribution in [0.15, 0.2) is 28.5 Å². The Morgan fingerprint density at radius 2 is 1.89 bits per heavy atom. The Kier molecular flexibility index (Phi) is 7.01. The molecule has 0 aliphatic heterocycles. The van der Waals surface area contributed by atoms with E-state index in [1.807, 2.05) is 19.1 Å². The minimum absolute atomic E-state index is 0.169. The van der Waals surface area contributed by atoms with Gasteiger partial charge in [-0.2, -0.15) is 5.26 Å². The van der Waals surface area contributed by atoms with Gasteiger partial charge in [0.15, 0.2) is 0 Å². The first-order valence-electron chi connectivity index (χ1n) is 11.9. The maximum absolute atomic E-state index is 13.2. The molecule has 5 rings (SSSR count). The van der Waals surface area contributed by atoms with Crippen molar-refractivity contribution in [3.63, 3.8) is 0 Å². The van der Waals surface area contributed by atoms with Gasteiger partial charge in [0.25, 0.3) is 0 Å². The van der Waals surface area contributed by atoms with Gasteiger partial charge in [0.1, 0.15) is 11.1 Å². The average Bonchev–Trinajstić information content (AvgIpc) is 3.31. The van der Waals surface area contributed by atoms with E-state index < -0.39 is 5.25 Å². The summed E-state index contributed by atoms with van der Waals surface area (Å²) < 4.78 is 5.96. The summed E-state index contributed by atoms with van der Waals surface area (Å²) in [7, 11) is 1.41. The highest BCUT2D eigenvalue weighted by molar-refractivity contribution is 8.02. The number of anilines is 1. The molecule has 0 spiro atoms. The van der Waals surface area contributed by atoms with E-state index in [4.69, 9.17) is 4.74 Å². The maximum atomic E-state index is 13.2. The summed E-state index contributed by atoms with van der Waals surface area (Å²) in [4.78, 5) is 28.2. The predicted octanol–water partition coefficient (Wildman–Crippen LogP) is 6.62. The zero-order valence-corrected chi connectivity index (χ0v) is 22.2. The molecule has 0 bridgehead atoms. The first-order chi connectivity index (χ1) is 17.0. The van der Waals surface area contributed by atoms with Crippen LogP contribution < -0.4 is 5.32 Å². The van der Waals surface area contributed by atoms with Gasteiger partial charge < -0.3 is 10.1 Å². The van der Waals surface area contributed by atoms with Crippen LogP contribution >= 0.6 is 34.4 Å². The van der Waals surface area contributed by atoms with E-state index >= 15 is 0 Å². The second-order valence-corrected chi connectivity index (χ2v) is 12.6. The molecule has 0 fully saturated rings. The smallest absolute Gasteiger partial charge is 0.340 e. The molecule has 180 valence electrons. The standard InChI is InChI=1S/C27H26N2O3S3/c1-15(33-27-22(26(31)32-2)19-10-4-3-5-11-21(19)34-27)24(30)29-25-20(14-28)18-13-12-16-8-6-7-9-17(16)23(18)35-25/h6-9,15H,3-5,10-13H2,1-2H3,(H,29,30). The van der Waals surface area contributed by atoms with E-state index in [1.54, 1.807) is 11.3 Å². The number of aryl methyl sites for hydroxylation is 2. The summed E-state index contributed by atoms with van der Waals surface area (Å²) in [6.45, 7) is 1.85. The van der Waals surface area contributed by atoms with E-state index in [0.29, 0.717) is 16.1 Å². The number of hydrogen-bond donors (Lipinski definition) is 1.